The van der Waals surface area contributed by atoms with Crippen LogP contribution in [-0.4, -0.2) is 0 Å². The topological polar surface area (TPSA) is 32.8 Å². The highest BCUT2D eigenvalue weighted by atomic mass is 16.4. The monoisotopic (exact) mass is 776 g/mol. The maximum Gasteiger partial charge on any atom is 0.178 e. The third-order valence-corrected chi connectivity index (χ3v) is 12.7. The number of rotatable bonds is 6. The van der Waals surface area contributed by atoms with Crippen molar-refractivity contribution in [3.8, 4) is 0 Å². The van der Waals surface area contributed by atoms with Crippen LogP contribution in [0.4, 0.5) is 34.1 Å². The molecule has 2 aromatic heterocycles. The molecular formula is C56H44N2O2. The number of anilines is 6. The minimum absolute atomic E-state index is 0.798. The first-order valence-corrected chi connectivity index (χ1v) is 20.8. The first kappa shape index (κ1) is 35.8. The number of fused-ring (bicyclic) bond motifs is 9. The molecule has 0 aliphatic heterocycles. The van der Waals surface area contributed by atoms with Gasteiger partial charge in [-0.25, -0.2) is 0 Å². The lowest BCUT2D eigenvalue weighted by molar-refractivity contribution is 0.633. The van der Waals surface area contributed by atoms with Crippen molar-refractivity contribution in [2.45, 2.75) is 41.5 Å². The zero-order valence-corrected chi connectivity index (χ0v) is 34.7. The molecule has 0 fully saturated rings. The van der Waals surface area contributed by atoms with E-state index in [0.29, 0.717) is 0 Å². The van der Waals surface area contributed by atoms with E-state index in [1.807, 2.05) is 0 Å². The Hall–Kier alpha value is -7.30. The average Bonchev–Trinajstić information content (AvgIpc) is 3.82. The quantitative estimate of drug-likeness (QED) is 0.168. The van der Waals surface area contributed by atoms with Crippen LogP contribution in [0.2, 0.25) is 0 Å². The largest absolute Gasteiger partial charge is 0.452 e. The summed E-state index contributed by atoms with van der Waals surface area (Å²) in [6.45, 7) is 13.2. The van der Waals surface area contributed by atoms with E-state index in [-0.39, 0.29) is 0 Å². The van der Waals surface area contributed by atoms with Crippen LogP contribution in [-0.2, 0) is 0 Å². The fourth-order valence-electron chi connectivity index (χ4n) is 9.66. The summed E-state index contributed by atoms with van der Waals surface area (Å²) in [5, 5.41) is 8.99. The van der Waals surface area contributed by atoms with Crippen LogP contribution in [0.25, 0.3) is 65.4 Å². The van der Waals surface area contributed by atoms with Crippen molar-refractivity contribution in [2.75, 3.05) is 9.80 Å². The average molecular weight is 777 g/mol. The SMILES string of the molecule is Cc1cccc(C)c1N(c1ccccc1)c1ccc2cc3c(cc2c1)oc1c2oc4cc5cc(N(c6ccccc6)c6c(C)cccc6C)ccc5cc4c2c(C)c(C)c31. The molecule has 0 radical (unpaired) electrons. The zero-order chi connectivity index (χ0) is 40.8. The van der Waals surface area contributed by atoms with Gasteiger partial charge >= 0.3 is 0 Å². The van der Waals surface area contributed by atoms with E-state index >= 15 is 0 Å². The van der Waals surface area contributed by atoms with E-state index in [4.69, 9.17) is 8.83 Å². The molecule has 60 heavy (non-hydrogen) atoms. The van der Waals surface area contributed by atoms with Crippen LogP contribution >= 0.6 is 0 Å². The molecule has 0 saturated carbocycles. The molecule has 0 unspecified atom stereocenters. The van der Waals surface area contributed by atoms with Crippen molar-refractivity contribution in [2.24, 2.45) is 0 Å². The summed E-state index contributed by atoms with van der Waals surface area (Å²) in [4.78, 5) is 4.74. The fraction of sp³-hybridized carbons (Fsp3) is 0.107. The van der Waals surface area contributed by atoms with Gasteiger partial charge in [-0.1, -0.05) is 84.9 Å². The minimum Gasteiger partial charge on any atom is -0.452 e. The molecule has 290 valence electrons. The smallest absolute Gasteiger partial charge is 0.178 e. The van der Waals surface area contributed by atoms with Gasteiger partial charge < -0.3 is 18.6 Å². The third-order valence-electron chi connectivity index (χ3n) is 12.7. The number of hydrogen-bond donors (Lipinski definition) is 0. The van der Waals surface area contributed by atoms with Crippen molar-refractivity contribution in [1.82, 2.24) is 0 Å². The molecule has 9 aromatic carbocycles. The van der Waals surface area contributed by atoms with Crippen LogP contribution < -0.4 is 9.80 Å². The Balaban J connectivity index is 1.08. The maximum absolute atomic E-state index is 6.90. The van der Waals surface area contributed by atoms with Crippen LogP contribution in [0, 0.1) is 41.5 Å². The molecule has 11 aromatic rings. The summed E-state index contributed by atoms with van der Waals surface area (Å²) in [6, 6.07) is 56.8. The molecule has 11 rings (SSSR count). The minimum atomic E-state index is 0.798. The molecule has 0 aliphatic carbocycles. The van der Waals surface area contributed by atoms with Gasteiger partial charge in [0.15, 0.2) is 11.2 Å². The van der Waals surface area contributed by atoms with Gasteiger partial charge in [-0.05, 0) is 169 Å². The summed E-state index contributed by atoms with van der Waals surface area (Å²) in [5.74, 6) is 0. The lowest BCUT2D eigenvalue weighted by atomic mass is 9.96. The highest BCUT2D eigenvalue weighted by Crippen LogP contribution is 2.47. The van der Waals surface area contributed by atoms with Crippen LogP contribution in [0.5, 0.6) is 0 Å². The van der Waals surface area contributed by atoms with Crippen LogP contribution in [0.15, 0.2) is 167 Å². The lowest BCUT2D eigenvalue weighted by Gasteiger charge is -2.29. The Bertz CT molecular complexity index is 3230. The number of furan rings is 2. The zero-order valence-electron chi connectivity index (χ0n) is 34.7. The standard InChI is InChI=1S/C56H44N2O2/c1-33-15-13-16-34(2)53(33)57(43-19-9-7-10-20-43)45-25-23-39-29-47-49(31-41(39)27-45)59-55-51(47)37(5)38(6)52-48-30-40-24-26-46(28-42(40)32-50(48)60-56(52)55)58(44-21-11-8-12-22-44)54-35(3)17-14-18-36(54)4/h7-32H,1-6H3. The van der Waals surface area contributed by atoms with E-state index in [0.717, 1.165) is 88.2 Å². The summed E-state index contributed by atoms with van der Waals surface area (Å²) in [7, 11) is 0. The van der Waals surface area contributed by atoms with Gasteiger partial charge in [0.2, 0.25) is 0 Å². The summed E-state index contributed by atoms with van der Waals surface area (Å²) in [6.07, 6.45) is 0. The second-order valence-corrected chi connectivity index (χ2v) is 16.4. The van der Waals surface area contributed by atoms with Crippen molar-refractivity contribution in [3.63, 3.8) is 0 Å². The van der Waals surface area contributed by atoms with E-state index in [2.05, 4.69) is 209 Å². The van der Waals surface area contributed by atoms with Crippen molar-refractivity contribution in [1.29, 1.82) is 0 Å². The van der Waals surface area contributed by atoms with Gasteiger partial charge in [0.25, 0.3) is 0 Å². The van der Waals surface area contributed by atoms with Gasteiger partial charge in [-0.3, -0.25) is 0 Å². The summed E-state index contributed by atoms with van der Waals surface area (Å²) < 4.78 is 13.8. The number of para-hydroxylation sites is 4. The van der Waals surface area contributed by atoms with E-state index in [1.165, 1.54) is 44.8 Å². The van der Waals surface area contributed by atoms with E-state index < -0.39 is 0 Å². The molecule has 4 nitrogen and oxygen atoms in total. The van der Waals surface area contributed by atoms with Crippen molar-refractivity contribution >= 4 is 99.5 Å². The molecule has 0 spiro atoms. The van der Waals surface area contributed by atoms with Gasteiger partial charge in [0, 0.05) is 44.3 Å². The molecule has 2 heterocycles. The number of benzene rings is 9. The molecule has 0 saturated heterocycles. The highest BCUT2D eigenvalue weighted by molar-refractivity contribution is 6.24. The highest BCUT2D eigenvalue weighted by Gasteiger charge is 2.24. The molecule has 4 heteroatoms. The van der Waals surface area contributed by atoms with Crippen molar-refractivity contribution < 1.29 is 8.83 Å². The summed E-state index contributed by atoms with van der Waals surface area (Å²) in [5.41, 5.74) is 17.5. The Kier molecular flexibility index (Phi) is 8.15. The Labute approximate surface area is 349 Å². The predicted molar refractivity (Wildman–Crippen MR) is 254 cm³/mol. The second kappa shape index (κ2) is 13.6. The molecule has 0 atom stereocenters. The first-order chi connectivity index (χ1) is 29.2. The molecule has 0 N–H and O–H groups in total. The first-order valence-electron chi connectivity index (χ1n) is 20.8. The Morgan fingerprint density at radius 2 is 0.717 bits per heavy atom. The molecule has 0 bridgehead atoms. The van der Waals surface area contributed by atoms with Gasteiger partial charge in [0.05, 0.1) is 11.4 Å². The van der Waals surface area contributed by atoms with Crippen LogP contribution in [0.3, 0.4) is 0 Å². The number of nitrogens with zero attached hydrogens (tertiary/aromatic N) is 2. The number of aryl methyl sites for hydroxylation is 6. The summed E-state index contributed by atoms with van der Waals surface area (Å²) >= 11 is 0. The van der Waals surface area contributed by atoms with Gasteiger partial charge in [0.1, 0.15) is 11.2 Å². The molecule has 0 amide bonds. The van der Waals surface area contributed by atoms with Gasteiger partial charge in [-0.15, -0.1) is 0 Å². The maximum atomic E-state index is 6.90. The van der Waals surface area contributed by atoms with Crippen molar-refractivity contribution in [3.05, 3.63) is 191 Å². The van der Waals surface area contributed by atoms with E-state index in [9.17, 15) is 0 Å². The normalized spacial score (nSPS) is 11.8. The Morgan fingerprint density at radius 3 is 1.10 bits per heavy atom. The molecule has 0 aliphatic rings. The molecular weight excluding hydrogens is 733 g/mol. The van der Waals surface area contributed by atoms with E-state index in [1.54, 1.807) is 0 Å². The predicted octanol–water partition coefficient (Wildman–Crippen LogP) is 16.6. The third kappa shape index (κ3) is 5.51. The Morgan fingerprint density at radius 1 is 0.333 bits per heavy atom. The van der Waals surface area contributed by atoms with Gasteiger partial charge in [-0.2, -0.15) is 0 Å². The van der Waals surface area contributed by atoms with Crippen LogP contribution in [0.1, 0.15) is 33.4 Å². The fourth-order valence-corrected chi connectivity index (χ4v) is 9.66. The lowest BCUT2D eigenvalue weighted by Crippen LogP contribution is -2.12. The second-order valence-electron chi connectivity index (χ2n) is 16.4. The number of hydrogen-bond acceptors (Lipinski definition) is 4.